The van der Waals surface area contributed by atoms with E-state index in [0.29, 0.717) is 35.4 Å². The van der Waals surface area contributed by atoms with Crippen LogP contribution in [-0.4, -0.2) is 34.6 Å². The normalized spacial score (nSPS) is 23.7. The highest BCUT2D eigenvalue weighted by Gasteiger charge is 2.46. The molecule has 1 aliphatic heterocycles. The second-order valence-electron chi connectivity index (χ2n) is 8.04. The molecule has 3 rings (SSSR count). The summed E-state index contributed by atoms with van der Waals surface area (Å²) in [5.41, 5.74) is 1.17. The minimum Gasteiger partial charge on any atom is -0.502 e. The van der Waals surface area contributed by atoms with Crippen LogP contribution in [0.15, 0.2) is 34.5 Å². The van der Waals surface area contributed by atoms with Crippen molar-refractivity contribution in [3.8, 4) is 5.75 Å². The quantitative estimate of drug-likeness (QED) is 0.484. The van der Waals surface area contributed by atoms with Gasteiger partial charge in [0.25, 0.3) is 0 Å². The van der Waals surface area contributed by atoms with Gasteiger partial charge in [-0.1, -0.05) is 19.9 Å². The lowest BCUT2D eigenvalue weighted by Gasteiger charge is -2.38. The molecule has 0 radical (unpaired) electrons. The van der Waals surface area contributed by atoms with Gasteiger partial charge >= 0.3 is 11.7 Å². The van der Waals surface area contributed by atoms with E-state index in [4.69, 9.17) is 4.74 Å². The summed E-state index contributed by atoms with van der Waals surface area (Å²) >= 11 is 0. The van der Waals surface area contributed by atoms with Crippen molar-refractivity contribution in [2.75, 3.05) is 7.11 Å². The number of aromatic hydroxyl groups is 1. The number of rotatable bonds is 3. The summed E-state index contributed by atoms with van der Waals surface area (Å²) in [4.78, 5) is 40.7. The van der Waals surface area contributed by atoms with Gasteiger partial charge in [-0.05, 0) is 30.4 Å². The van der Waals surface area contributed by atoms with Gasteiger partial charge in [-0.3, -0.25) is 24.7 Å². The number of phenolic OH excluding ortho intramolecular Hbond substituents is 1. The second kappa shape index (κ2) is 6.85. The van der Waals surface area contributed by atoms with Gasteiger partial charge in [0.1, 0.15) is 5.92 Å². The van der Waals surface area contributed by atoms with Crippen LogP contribution in [-0.2, 0) is 14.3 Å². The van der Waals surface area contributed by atoms with Crippen LogP contribution in [0.2, 0.25) is 0 Å². The van der Waals surface area contributed by atoms with E-state index in [2.05, 4.69) is 4.99 Å². The predicted octanol–water partition coefficient (Wildman–Crippen LogP) is 3.29. The number of methoxy groups -OCH3 is 1. The molecule has 2 atom stereocenters. The third-order valence-corrected chi connectivity index (χ3v) is 5.31. The van der Waals surface area contributed by atoms with Crippen molar-refractivity contribution < 1.29 is 24.4 Å². The van der Waals surface area contributed by atoms with Gasteiger partial charge in [0.05, 0.1) is 12.0 Å². The Morgan fingerprint density at radius 1 is 1.36 bits per heavy atom. The van der Waals surface area contributed by atoms with E-state index >= 15 is 0 Å². The van der Waals surface area contributed by atoms with E-state index in [1.807, 2.05) is 13.8 Å². The molecule has 8 nitrogen and oxygen atoms in total. The van der Waals surface area contributed by atoms with Crippen LogP contribution in [0.3, 0.4) is 0 Å². The Kier molecular flexibility index (Phi) is 4.82. The summed E-state index contributed by atoms with van der Waals surface area (Å²) in [6.45, 7) is 5.65. The number of hydrogen-bond acceptors (Lipinski definition) is 7. The largest absolute Gasteiger partial charge is 0.502 e. The van der Waals surface area contributed by atoms with Crippen LogP contribution in [0.5, 0.6) is 5.75 Å². The Morgan fingerprint density at radius 3 is 2.64 bits per heavy atom. The molecule has 8 heteroatoms. The topological polar surface area (TPSA) is 119 Å². The Labute approximate surface area is 162 Å². The molecule has 1 unspecified atom stereocenters. The number of hydrogen-bond donors (Lipinski definition) is 1. The van der Waals surface area contributed by atoms with Gasteiger partial charge in [0.2, 0.25) is 0 Å². The summed E-state index contributed by atoms with van der Waals surface area (Å²) < 4.78 is 4.93. The predicted molar refractivity (Wildman–Crippen MR) is 101 cm³/mol. The van der Waals surface area contributed by atoms with Crippen LogP contribution < -0.4 is 0 Å². The fraction of sp³-hybridized carbons (Fsp3) is 0.450. The molecule has 0 aromatic heterocycles. The van der Waals surface area contributed by atoms with Gasteiger partial charge in [0, 0.05) is 35.4 Å². The summed E-state index contributed by atoms with van der Waals surface area (Å²) in [5.74, 6) is -2.78. The summed E-state index contributed by atoms with van der Waals surface area (Å²) in [7, 11) is 1.25. The van der Waals surface area contributed by atoms with Crippen molar-refractivity contribution in [3.63, 3.8) is 0 Å². The minimum atomic E-state index is -0.863. The highest BCUT2D eigenvalue weighted by atomic mass is 16.6. The third-order valence-electron chi connectivity index (χ3n) is 5.31. The van der Waals surface area contributed by atoms with E-state index in [1.165, 1.54) is 25.3 Å². The van der Waals surface area contributed by atoms with Crippen LogP contribution in [0, 0.1) is 21.4 Å². The fourth-order valence-electron chi connectivity index (χ4n) is 4.12. The van der Waals surface area contributed by atoms with Gasteiger partial charge in [-0.15, -0.1) is 0 Å². The van der Waals surface area contributed by atoms with Gasteiger partial charge in [0.15, 0.2) is 11.5 Å². The molecule has 1 aromatic carbocycles. The Morgan fingerprint density at radius 2 is 2.04 bits per heavy atom. The van der Waals surface area contributed by atoms with Crippen LogP contribution in [0.25, 0.3) is 0 Å². The van der Waals surface area contributed by atoms with E-state index in [-0.39, 0.29) is 11.2 Å². The van der Waals surface area contributed by atoms with Crippen molar-refractivity contribution in [2.45, 2.75) is 39.5 Å². The molecule has 0 spiro atoms. The zero-order chi connectivity index (χ0) is 20.8. The molecular weight excluding hydrogens is 364 g/mol. The van der Waals surface area contributed by atoms with E-state index in [1.54, 1.807) is 6.92 Å². The van der Waals surface area contributed by atoms with E-state index in [9.17, 15) is 24.8 Å². The average molecular weight is 386 g/mol. The first kappa shape index (κ1) is 19.7. The van der Waals surface area contributed by atoms with Crippen molar-refractivity contribution in [1.29, 1.82) is 0 Å². The molecule has 1 heterocycles. The summed E-state index contributed by atoms with van der Waals surface area (Å²) in [5, 5.41) is 21.1. The van der Waals surface area contributed by atoms with E-state index in [0.717, 1.165) is 0 Å². The molecule has 1 N–H and O–H groups in total. The van der Waals surface area contributed by atoms with Crippen molar-refractivity contribution in [1.82, 2.24) is 0 Å². The van der Waals surface area contributed by atoms with Gasteiger partial charge < -0.3 is 9.84 Å². The lowest BCUT2D eigenvalue weighted by Crippen LogP contribution is -2.39. The number of nitro groups is 1. The summed E-state index contributed by atoms with van der Waals surface area (Å²) in [6, 6.07) is 3.92. The SMILES string of the molecule is COC(=O)C1C(C)=NC2=C(C(=O)CC(C)(C)C2)[C@H]1c1ccc(O)c([N+](=O)[O-])c1. The average Bonchev–Trinajstić information content (AvgIpc) is 2.59. The smallest absolute Gasteiger partial charge is 0.315 e. The number of benzene rings is 1. The maximum atomic E-state index is 13.0. The number of aliphatic imine (C=N–C) groups is 1. The first-order valence-corrected chi connectivity index (χ1v) is 8.92. The summed E-state index contributed by atoms with van der Waals surface area (Å²) in [6.07, 6.45) is 0.862. The number of Topliss-reactive ketones (excluding diaryl/α,β-unsaturated/α-hetero) is 1. The lowest BCUT2D eigenvalue weighted by atomic mass is 9.67. The zero-order valence-electron chi connectivity index (χ0n) is 16.2. The zero-order valence-corrected chi connectivity index (χ0v) is 16.2. The Bertz CT molecular complexity index is 944. The number of allylic oxidation sites excluding steroid dienone is 2. The molecule has 0 fully saturated rings. The molecule has 1 aromatic rings. The number of carbonyl (C=O) groups is 2. The molecular formula is C20H22N2O6. The molecule has 0 saturated heterocycles. The van der Waals surface area contributed by atoms with Crippen LogP contribution >= 0.6 is 0 Å². The Hall–Kier alpha value is -3.03. The maximum absolute atomic E-state index is 13.0. The molecule has 28 heavy (non-hydrogen) atoms. The third kappa shape index (κ3) is 3.30. The highest BCUT2D eigenvalue weighted by Crippen LogP contribution is 2.48. The van der Waals surface area contributed by atoms with Gasteiger partial charge in [-0.25, -0.2) is 0 Å². The number of ketones is 1. The fourth-order valence-corrected chi connectivity index (χ4v) is 4.12. The molecule has 0 amide bonds. The Balaban J connectivity index is 2.24. The highest BCUT2D eigenvalue weighted by molar-refractivity contribution is 6.09. The molecule has 0 saturated carbocycles. The first-order valence-electron chi connectivity index (χ1n) is 8.92. The number of carbonyl (C=O) groups excluding carboxylic acids is 2. The minimum absolute atomic E-state index is 0.128. The monoisotopic (exact) mass is 386 g/mol. The molecule has 1 aliphatic carbocycles. The van der Waals surface area contributed by atoms with Crippen LogP contribution in [0.4, 0.5) is 5.69 Å². The first-order chi connectivity index (χ1) is 13.1. The van der Waals surface area contributed by atoms with E-state index < -0.39 is 34.2 Å². The number of nitrogens with zero attached hydrogens (tertiary/aromatic N) is 2. The molecule has 2 aliphatic rings. The standard InChI is InChI=1S/C20H22N2O6/c1-10-16(19(25)28-4)17(11-5-6-14(23)13(7-11)22(26)27)18-12(21-10)8-20(2,3)9-15(18)24/h5-7,16-17,23H,8-9H2,1-4H3/t16?,17-/m0/s1. The van der Waals surface area contributed by atoms with Crippen molar-refractivity contribution >= 4 is 23.2 Å². The maximum Gasteiger partial charge on any atom is 0.315 e. The molecule has 148 valence electrons. The van der Waals surface area contributed by atoms with Crippen LogP contribution in [0.1, 0.15) is 45.1 Å². The number of esters is 1. The second-order valence-corrected chi connectivity index (χ2v) is 8.04. The number of nitro benzene ring substituents is 1. The van der Waals surface area contributed by atoms with Gasteiger partial charge in [-0.2, -0.15) is 0 Å². The number of phenols is 1. The lowest BCUT2D eigenvalue weighted by molar-refractivity contribution is -0.385. The van der Waals surface area contributed by atoms with Crippen molar-refractivity contribution in [3.05, 3.63) is 45.1 Å². The molecule has 0 bridgehead atoms. The van der Waals surface area contributed by atoms with Crippen molar-refractivity contribution in [2.24, 2.45) is 16.3 Å². The number of ether oxygens (including phenoxy) is 1.